The molecule has 1 fully saturated rings. The molecule has 0 spiro atoms. The van der Waals surface area contributed by atoms with Gasteiger partial charge >= 0.3 is 6.09 Å². The largest absolute Gasteiger partial charge is 0.453 e. The third-order valence-corrected chi connectivity index (χ3v) is 4.76. The predicted molar refractivity (Wildman–Crippen MR) is 106 cm³/mol. The van der Waals surface area contributed by atoms with Crippen LogP contribution in [0.2, 0.25) is 0 Å². The van der Waals surface area contributed by atoms with Gasteiger partial charge in [-0.05, 0) is 13.3 Å². The van der Waals surface area contributed by atoms with E-state index in [4.69, 9.17) is 9.72 Å². The fraction of sp³-hybridized carbons (Fsp3) is 0.300. The first-order valence-corrected chi connectivity index (χ1v) is 9.01. The second kappa shape index (κ2) is 7.40. The van der Waals surface area contributed by atoms with Crippen molar-refractivity contribution in [1.82, 2.24) is 19.5 Å². The third-order valence-electron chi connectivity index (χ3n) is 4.76. The zero-order valence-corrected chi connectivity index (χ0v) is 15.8. The Kier molecular flexibility index (Phi) is 4.79. The molecule has 0 aromatic carbocycles. The van der Waals surface area contributed by atoms with Crippen LogP contribution < -0.4 is 5.32 Å². The van der Waals surface area contributed by atoms with E-state index in [0.29, 0.717) is 12.4 Å². The number of anilines is 1. The fourth-order valence-corrected chi connectivity index (χ4v) is 3.34. The molecule has 1 saturated heterocycles. The van der Waals surface area contributed by atoms with Crippen molar-refractivity contribution in [3.63, 3.8) is 0 Å². The van der Waals surface area contributed by atoms with Gasteiger partial charge in [-0.3, -0.25) is 5.32 Å². The zero-order chi connectivity index (χ0) is 19.7. The van der Waals surface area contributed by atoms with Crippen molar-refractivity contribution in [2.45, 2.75) is 19.3 Å². The molecule has 1 aliphatic rings. The Morgan fingerprint density at radius 1 is 1.43 bits per heavy atom. The summed E-state index contributed by atoms with van der Waals surface area (Å²) in [5.74, 6) is 2.14. The number of amides is 1. The van der Waals surface area contributed by atoms with Crippen LogP contribution in [0.1, 0.15) is 29.4 Å². The van der Waals surface area contributed by atoms with Gasteiger partial charge < -0.3 is 14.0 Å². The second-order valence-electron chi connectivity index (χ2n) is 6.65. The SMILES string of the molecule is C=Cc1cn(-c2cc(C)nc(C3CCOC3)n2)c2cc(NC(=O)OC)ncc12. The number of nitrogens with zero attached hydrogens (tertiary/aromatic N) is 4. The molecule has 8 heteroatoms. The lowest BCUT2D eigenvalue weighted by molar-refractivity contribution is 0.187. The topological polar surface area (TPSA) is 91.2 Å². The van der Waals surface area contributed by atoms with Crippen LogP contribution in [0.25, 0.3) is 22.8 Å². The quantitative estimate of drug-likeness (QED) is 0.747. The van der Waals surface area contributed by atoms with Gasteiger partial charge in [0, 0.05) is 53.7 Å². The molecule has 144 valence electrons. The summed E-state index contributed by atoms with van der Waals surface area (Å²) < 4.78 is 12.1. The Morgan fingerprint density at radius 3 is 3.00 bits per heavy atom. The molecule has 1 atom stereocenters. The normalized spacial score (nSPS) is 16.3. The predicted octanol–water partition coefficient (Wildman–Crippen LogP) is 3.45. The molecule has 28 heavy (non-hydrogen) atoms. The monoisotopic (exact) mass is 379 g/mol. The molecule has 1 aliphatic heterocycles. The van der Waals surface area contributed by atoms with Crippen LogP contribution in [0.15, 0.2) is 31.1 Å². The lowest BCUT2D eigenvalue weighted by Gasteiger charge is -2.11. The van der Waals surface area contributed by atoms with Crippen LogP contribution in [0, 0.1) is 6.92 Å². The minimum atomic E-state index is -0.574. The van der Waals surface area contributed by atoms with Crippen molar-refractivity contribution >= 4 is 28.9 Å². The molecule has 4 rings (SSSR count). The van der Waals surface area contributed by atoms with Gasteiger partial charge in [-0.25, -0.2) is 19.7 Å². The van der Waals surface area contributed by atoms with E-state index in [1.165, 1.54) is 7.11 Å². The van der Waals surface area contributed by atoms with E-state index in [0.717, 1.165) is 46.8 Å². The maximum atomic E-state index is 11.5. The summed E-state index contributed by atoms with van der Waals surface area (Å²) in [6.07, 6.45) is 5.78. The van der Waals surface area contributed by atoms with E-state index in [2.05, 4.69) is 26.6 Å². The molecule has 0 bridgehead atoms. The van der Waals surface area contributed by atoms with Crippen LogP contribution in [0.4, 0.5) is 10.6 Å². The summed E-state index contributed by atoms with van der Waals surface area (Å²) in [4.78, 5) is 25.2. The summed E-state index contributed by atoms with van der Waals surface area (Å²) in [7, 11) is 1.31. The highest BCUT2D eigenvalue weighted by atomic mass is 16.5. The average molecular weight is 379 g/mol. The highest BCUT2D eigenvalue weighted by molar-refractivity contribution is 5.93. The number of methoxy groups -OCH3 is 1. The highest BCUT2D eigenvalue weighted by Crippen LogP contribution is 2.28. The first kappa shape index (κ1) is 18.1. The van der Waals surface area contributed by atoms with Gasteiger partial charge in [0.25, 0.3) is 0 Å². The van der Waals surface area contributed by atoms with Gasteiger partial charge in [0.05, 0.1) is 19.2 Å². The maximum absolute atomic E-state index is 11.5. The van der Waals surface area contributed by atoms with Gasteiger partial charge in [-0.1, -0.05) is 12.7 Å². The van der Waals surface area contributed by atoms with Gasteiger partial charge in [0.15, 0.2) is 0 Å². The number of ether oxygens (including phenoxy) is 2. The number of aromatic nitrogens is 4. The van der Waals surface area contributed by atoms with Crippen LogP contribution in [-0.4, -0.2) is 45.9 Å². The third kappa shape index (κ3) is 3.34. The van der Waals surface area contributed by atoms with E-state index in [1.807, 2.05) is 23.8 Å². The molecule has 8 nitrogen and oxygen atoms in total. The van der Waals surface area contributed by atoms with E-state index in [9.17, 15) is 4.79 Å². The zero-order valence-electron chi connectivity index (χ0n) is 15.8. The minimum absolute atomic E-state index is 0.206. The van der Waals surface area contributed by atoms with Crippen LogP contribution in [0.3, 0.4) is 0 Å². The van der Waals surface area contributed by atoms with E-state index in [-0.39, 0.29) is 5.92 Å². The Bertz CT molecular complexity index is 1050. The highest BCUT2D eigenvalue weighted by Gasteiger charge is 2.22. The summed E-state index contributed by atoms with van der Waals surface area (Å²) >= 11 is 0. The lowest BCUT2D eigenvalue weighted by atomic mass is 10.1. The summed E-state index contributed by atoms with van der Waals surface area (Å²) in [5, 5.41) is 3.51. The molecule has 0 aliphatic carbocycles. The number of carbonyl (C=O) groups excluding carboxylic acids is 1. The summed E-state index contributed by atoms with van der Waals surface area (Å²) in [6, 6.07) is 3.72. The molecule has 4 heterocycles. The standard InChI is InChI=1S/C20H21N5O3/c1-4-13-10-25(16-8-17(21-9-15(13)16)23-20(26)27-3)18-7-12(2)22-19(24-18)14-5-6-28-11-14/h4,7-10,14H,1,5-6,11H2,2-3H3,(H,21,23,26). The molecule has 3 aromatic rings. The molecular formula is C20H21N5O3. The number of pyridine rings is 1. The molecule has 1 N–H and O–H groups in total. The number of fused-ring (bicyclic) bond motifs is 1. The number of rotatable bonds is 4. The molecule has 3 aromatic heterocycles. The van der Waals surface area contributed by atoms with E-state index < -0.39 is 6.09 Å². The fourth-order valence-electron chi connectivity index (χ4n) is 3.34. The second-order valence-corrected chi connectivity index (χ2v) is 6.65. The van der Waals surface area contributed by atoms with Gasteiger partial charge in [0.2, 0.25) is 0 Å². The Morgan fingerprint density at radius 2 is 2.29 bits per heavy atom. The number of aryl methyl sites for hydroxylation is 1. The van der Waals surface area contributed by atoms with Crippen molar-refractivity contribution in [3.05, 3.63) is 48.2 Å². The average Bonchev–Trinajstić information content (AvgIpc) is 3.35. The minimum Gasteiger partial charge on any atom is -0.453 e. The van der Waals surface area contributed by atoms with Crippen molar-refractivity contribution in [2.75, 3.05) is 25.6 Å². The number of hydrogen-bond donors (Lipinski definition) is 1. The lowest BCUT2D eigenvalue weighted by Crippen LogP contribution is -2.12. The molecule has 0 radical (unpaired) electrons. The summed E-state index contributed by atoms with van der Waals surface area (Å²) in [6.45, 7) is 7.22. The smallest absolute Gasteiger partial charge is 0.412 e. The first-order valence-electron chi connectivity index (χ1n) is 9.01. The Balaban J connectivity index is 1.84. The number of carbonyl (C=O) groups is 1. The van der Waals surface area contributed by atoms with E-state index >= 15 is 0 Å². The first-order chi connectivity index (χ1) is 13.6. The van der Waals surface area contributed by atoms with Gasteiger partial charge in [-0.2, -0.15) is 0 Å². The van der Waals surface area contributed by atoms with E-state index in [1.54, 1.807) is 18.3 Å². The van der Waals surface area contributed by atoms with Gasteiger partial charge in [0.1, 0.15) is 17.5 Å². The van der Waals surface area contributed by atoms with Crippen LogP contribution in [0.5, 0.6) is 0 Å². The Labute approximate surface area is 162 Å². The molecule has 1 unspecified atom stereocenters. The van der Waals surface area contributed by atoms with Crippen molar-refractivity contribution in [3.8, 4) is 5.82 Å². The molecule has 0 saturated carbocycles. The molecular weight excluding hydrogens is 358 g/mol. The van der Waals surface area contributed by atoms with Crippen molar-refractivity contribution in [1.29, 1.82) is 0 Å². The van der Waals surface area contributed by atoms with Crippen LogP contribution >= 0.6 is 0 Å². The van der Waals surface area contributed by atoms with Crippen LogP contribution in [-0.2, 0) is 9.47 Å². The molecule has 1 amide bonds. The number of hydrogen-bond acceptors (Lipinski definition) is 6. The van der Waals surface area contributed by atoms with Crippen molar-refractivity contribution < 1.29 is 14.3 Å². The maximum Gasteiger partial charge on any atom is 0.412 e. The van der Waals surface area contributed by atoms with Crippen molar-refractivity contribution in [2.24, 2.45) is 0 Å². The Hall–Kier alpha value is -3.26. The summed E-state index contributed by atoms with van der Waals surface area (Å²) in [5.41, 5.74) is 2.66. The number of nitrogens with one attached hydrogen (secondary N) is 1. The van der Waals surface area contributed by atoms with Gasteiger partial charge in [-0.15, -0.1) is 0 Å².